The van der Waals surface area contributed by atoms with Crippen molar-refractivity contribution in [3.05, 3.63) is 29.8 Å². The number of nitrogens with two attached hydrogens (primary N) is 1. The second-order valence-corrected chi connectivity index (χ2v) is 6.77. The third-order valence-corrected chi connectivity index (χ3v) is 4.62. The Morgan fingerprint density at radius 2 is 2.05 bits per heavy atom. The highest BCUT2D eigenvalue weighted by Crippen LogP contribution is 2.11. The van der Waals surface area contributed by atoms with Gasteiger partial charge in [0, 0.05) is 18.2 Å². The minimum atomic E-state index is -3.66. The minimum Gasteiger partial charge on any atom is -0.351 e. The Hall–Kier alpha value is -0.800. The van der Waals surface area contributed by atoms with Crippen LogP contribution in [-0.2, 0) is 21.4 Å². The normalized spacial score (nSPS) is 18.4. The van der Waals surface area contributed by atoms with Crippen LogP contribution in [0.5, 0.6) is 0 Å². The number of carbonyl (C=O) groups excluding carboxylic acids is 1. The molecule has 1 heterocycles. The van der Waals surface area contributed by atoms with Gasteiger partial charge in [-0.05, 0) is 17.7 Å². The molecule has 1 aliphatic rings. The van der Waals surface area contributed by atoms with Gasteiger partial charge in [0.25, 0.3) is 0 Å². The first-order chi connectivity index (χ1) is 8.97. The predicted molar refractivity (Wildman–Crippen MR) is 81.2 cm³/mol. The van der Waals surface area contributed by atoms with Gasteiger partial charge in [-0.2, -0.15) is 0 Å². The van der Waals surface area contributed by atoms with E-state index in [9.17, 15) is 13.2 Å². The quantitative estimate of drug-likeness (QED) is 0.720. The summed E-state index contributed by atoms with van der Waals surface area (Å²) in [6.07, 6.45) is 0. The first-order valence-electron chi connectivity index (χ1n) is 5.67. The average Bonchev–Trinajstić information content (AvgIpc) is 2.89. The van der Waals surface area contributed by atoms with E-state index in [1.165, 1.54) is 12.1 Å². The second kappa shape index (κ2) is 7.28. The van der Waals surface area contributed by atoms with Gasteiger partial charge in [0.15, 0.2) is 0 Å². The molecule has 0 saturated carbocycles. The van der Waals surface area contributed by atoms with Crippen molar-refractivity contribution in [2.45, 2.75) is 17.5 Å². The Kier molecular flexibility index (Phi) is 6.28. The van der Waals surface area contributed by atoms with Crippen LogP contribution < -0.4 is 15.8 Å². The number of hydrogen-bond donors (Lipinski definition) is 3. The van der Waals surface area contributed by atoms with Gasteiger partial charge in [-0.15, -0.1) is 24.2 Å². The molecule has 1 aliphatic heterocycles. The Morgan fingerprint density at radius 3 is 2.55 bits per heavy atom. The lowest BCUT2D eigenvalue weighted by Gasteiger charge is -2.10. The van der Waals surface area contributed by atoms with E-state index in [-0.39, 0.29) is 29.3 Å². The van der Waals surface area contributed by atoms with Gasteiger partial charge in [0.05, 0.1) is 10.9 Å². The van der Waals surface area contributed by atoms with Gasteiger partial charge in [-0.3, -0.25) is 10.1 Å². The third-order valence-electron chi connectivity index (χ3n) is 2.75. The lowest BCUT2D eigenvalue weighted by Crippen LogP contribution is -2.41. The molecule has 0 radical (unpaired) electrons. The van der Waals surface area contributed by atoms with Crippen molar-refractivity contribution in [2.75, 3.05) is 11.6 Å². The Morgan fingerprint density at radius 1 is 1.40 bits per heavy atom. The van der Waals surface area contributed by atoms with Gasteiger partial charge in [-0.25, -0.2) is 13.6 Å². The van der Waals surface area contributed by atoms with E-state index in [1.807, 2.05) is 0 Å². The molecule has 0 bridgehead atoms. The van der Waals surface area contributed by atoms with Crippen LogP contribution in [0.25, 0.3) is 0 Å². The highest BCUT2D eigenvalue weighted by Gasteiger charge is 2.21. The van der Waals surface area contributed by atoms with E-state index < -0.39 is 10.0 Å². The summed E-state index contributed by atoms with van der Waals surface area (Å²) in [5.41, 5.74) is 0.825. The van der Waals surface area contributed by atoms with Crippen LogP contribution in [0.1, 0.15) is 5.56 Å². The Labute approximate surface area is 128 Å². The molecule has 2 rings (SSSR count). The van der Waals surface area contributed by atoms with E-state index in [1.54, 1.807) is 23.9 Å². The van der Waals surface area contributed by atoms with Crippen LogP contribution in [0.4, 0.5) is 0 Å². The van der Waals surface area contributed by atoms with Crippen LogP contribution >= 0.6 is 24.2 Å². The molecule has 1 saturated heterocycles. The molecule has 1 aromatic rings. The molecule has 1 fully saturated rings. The second-order valence-electron chi connectivity index (χ2n) is 4.18. The fourth-order valence-corrected chi connectivity index (χ4v) is 3.13. The summed E-state index contributed by atoms with van der Waals surface area (Å²) in [5, 5.41) is 10.9. The summed E-state index contributed by atoms with van der Waals surface area (Å²) in [6, 6.07) is 5.99. The summed E-state index contributed by atoms with van der Waals surface area (Å²) in [4.78, 5) is 11.8. The maximum absolute atomic E-state index is 11.7. The number of sulfonamides is 1. The van der Waals surface area contributed by atoms with Crippen LogP contribution in [0.15, 0.2) is 29.2 Å². The molecule has 0 aromatic heterocycles. The molecule has 112 valence electrons. The molecule has 1 amide bonds. The van der Waals surface area contributed by atoms with Crippen molar-refractivity contribution in [3.8, 4) is 0 Å². The van der Waals surface area contributed by atoms with Crippen molar-refractivity contribution < 1.29 is 13.2 Å². The van der Waals surface area contributed by atoms with E-state index >= 15 is 0 Å². The fourth-order valence-electron chi connectivity index (χ4n) is 1.67. The predicted octanol–water partition coefficient (Wildman–Crippen LogP) is 0.0345. The molecular formula is C11H16ClN3O3S2. The van der Waals surface area contributed by atoms with Crippen LogP contribution in [0.2, 0.25) is 0 Å². The number of rotatable bonds is 4. The topological polar surface area (TPSA) is 101 Å². The molecule has 20 heavy (non-hydrogen) atoms. The molecule has 6 nitrogen and oxygen atoms in total. The molecule has 1 atom stereocenters. The SMILES string of the molecule is Cl.NS(=O)(=O)c1ccc(CNC(=O)C2CSCN2)cc1. The maximum Gasteiger partial charge on any atom is 0.238 e. The van der Waals surface area contributed by atoms with E-state index in [0.717, 1.165) is 17.2 Å². The first kappa shape index (κ1) is 17.3. The van der Waals surface area contributed by atoms with Gasteiger partial charge < -0.3 is 5.32 Å². The molecule has 1 unspecified atom stereocenters. The van der Waals surface area contributed by atoms with E-state index in [4.69, 9.17) is 5.14 Å². The first-order valence-corrected chi connectivity index (χ1v) is 8.37. The summed E-state index contributed by atoms with van der Waals surface area (Å²) in [6.45, 7) is 0.368. The van der Waals surface area contributed by atoms with Crippen molar-refractivity contribution in [1.29, 1.82) is 0 Å². The minimum absolute atomic E-state index is 0. The Balaban J connectivity index is 0.00000200. The van der Waals surface area contributed by atoms with Gasteiger partial charge in [-0.1, -0.05) is 12.1 Å². The summed E-state index contributed by atoms with van der Waals surface area (Å²) in [7, 11) is -3.66. The lowest BCUT2D eigenvalue weighted by molar-refractivity contribution is -0.122. The zero-order valence-electron chi connectivity index (χ0n) is 10.5. The smallest absolute Gasteiger partial charge is 0.238 e. The number of amides is 1. The number of thioether (sulfide) groups is 1. The maximum atomic E-state index is 11.7. The standard InChI is InChI=1S/C11H15N3O3S2.ClH/c12-19(16,17)9-3-1-8(2-4-9)5-13-11(15)10-6-18-7-14-10;/h1-4,10,14H,5-7H2,(H,13,15)(H2,12,16,17);1H. The van der Waals surface area contributed by atoms with Crippen LogP contribution in [0, 0.1) is 0 Å². The average molecular weight is 338 g/mol. The van der Waals surface area contributed by atoms with Crippen LogP contribution in [0.3, 0.4) is 0 Å². The third kappa shape index (κ3) is 4.64. The monoisotopic (exact) mass is 337 g/mol. The highest BCUT2D eigenvalue weighted by atomic mass is 35.5. The summed E-state index contributed by atoms with van der Waals surface area (Å²) in [5.74, 6) is 1.53. The molecule has 0 aliphatic carbocycles. The molecule has 9 heteroatoms. The number of halogens is 1. The van der Waals surface area contributed by atoms with Crippen molar-refractivity contribution in [1.82, 2.24) is 10.6 Å². The fraction of sp³-hybridized carbons (Fsp3) is 0.364. The number of nitrogens with one attached hydrogen (secondary N) is 2. The molecular weight excluding hydrogens is 322 g/mol. The molecule has 4 N–H and O–H groups in total. The number of carbonyl (C=O) groups is 1. The van der Waals surface area contributed by atoms with Crippen molar-refractivity contribution in [2.24, 2.45) is 5.14 Å². The number of primary sulfonamides is 1. The van der Waals surface area contributed by atoms with Crippen molar-refractivity contribution in [3.63, 3.8) is 0 Å². The van der Waals surface area contributed by atoms with Gasteiger partial charge in [0.2, 0.25) is 15.9 Å². The molecule has 1 aromatic carbocycles. The summed E-state index contributed by atoms with van der Waals surface area (Å²) < 4.78 is 22.2. The summed E-state index contributed by atoms with van der Waals surface area (Å²) >= 11 is 1.68. The van der Waals surface area contributed by atoms with Gasteiger partial charge >= 0.3 is 0 Å². The van der Waals surface area contributed by atoms with E-state index in [0.29, 0.717) is 6.54 Å². The largest absolute Gasteiger partial charge is 0.351 e. The van der Waals surface area contributed by atoms with Crippen LogP contribution in [-0.4, -0.2) is 32.0 Å². The zero-order valence-corrected chi connectivity index (χ0v) is 13.0. The number of benzene rings is 1. The zero-order chi connectivity index (χ0) is 13.9. The molecule has 0 spiro atoms. The Bertz CT molecular complexity index is 557. The number of hydrogen-bond acceptors (Lipinski definition) is 5. The van der Waals surface area contributed by atoms with E-state index in [2.05, 4.69) is 10.6 Å². The van der Waals surface area contributed by atoms with Gasteiger partial charge in [0.1, 0.15) is 0 Å². The lowest BCUT2D eigenvalue weighted by atomic mass is 10.2. The highest BCUT2D eigenvalue weighted by molar-refractivity contribution is 7.99. The van der Waals surface area contributed by atoms with Crippen molar-refractivity contribution >= 4 is 40.1 Å².